The lowest BCUT2D eigenvalue weighted by Gasteiger charge is -2.13. The van der Waals surface area contributed by atoms with Crippen molar-refractivity contribution in [3.05, 3.63) is 33.1 Å². The summed E-state index contributed by atoms with van der Waals surface area (Å²) in [6, 6.07) is 0.166. The van der Waals surface area contributed by atoms with Crippen LogP contribution in [0, 0.1) is 0 Å². The maximum absolute atomic E-state index is 11.6. The standard InChI is InChI=1S/C11H15N3O5/c1-3-7(10(17)18)12-8(15)6-14-5-4-9(16)13(2)11(14)19/h4-5,7H,3,6H2,1-2H3,(H,12,15)(H,17,18)/t7-/m1/s1. The van der Waals surface area contributed by atoms with E-state index in [1.165, 1.54) is 13.2 Å². The molecular formula is C11H15N3O5. The predicted octanol–water partition coefficient (Wildman–Crippen LogP) is -1.47. The van der Waals surface area contributed by atoms with Crippen LogP contribution < -0.4 is 16.6 Å². The summed E-state index contributed by atoms with van der Waals surface area (Å²) in [6.07, 6.45) is 1.44. The Morgan fingerprint density at radius 2 is 2.05 bits per heavy atom. The summed E-state index contributed by atoms with van der Waals surface area (Å²) in [5.74, 6) is -1.74. The minimum absolute atomic E-state index is 0.239. The largest absolute Gasteiger partial charge is 0.480 e. The minimum atomic E-state index is -1.14. The maximum atomic E-state index is 11.6. The highest BCUT2D eigenvalue weighted by molar-refractivity contribution is 5.83. The van der Waals surface area contributed by atoms with Crippen molar-refractivity contribution < 1.29 is 14.7 Å². The van der Waals surface area contributed by atoms with E-state index in [1.54, 1.807) is 6.92 Å². The number of aliphatic carboxylic acids is 1. The second-order valence-corrected chi connectivity index (χ2v) is 3.99. The summed E-state index contributed by atoms with van der Waals surface area (Å²) in [5, 5.41) is 11.1. The van der Waals surface area contributed by atoms with E-state index in [0.29, 0.717) is 0 Å². The van der Waals surface area contributed by atoms with Crippen LogP contribution in [-0.4, -0.2) is 32.2 Å². The Hall–Kier alpha value is -2.38. The van der Waals surface area contributed by atoms with Gasteiger partial charge in [-0.1, -0.05) is 6.92 Å². The lowest BCUT2D eigenvalue weighted by molar-refractivity contribution is -0.142. The number of aromatic nitrogens is 2. The van der Waals surface area contributed by atoms with E-state index in [0.717, 1.165) is 15.2 Å². The molecule has 8 heteroatoms. The van der Waals surface area contributed by atoms with Gasteiger partial charge in [-0.2, -0.15) is 0 Å². The lowest BCUT2D eigenvalue weighted by Crippen LogP contribution is -2.44. The molecule has 1 amide bonds. The highest BCUT2D eigenvalue weighted by Gasteiger charge is 2.17. The second-order valence-electron chi connectivity index (χ2n) is 3.99. The van der Waals surface area contributed by atoms with Crippen molar-refractivity contribution in [3.63, 3.8) is 0 Å². The molecule has 1 aromatic rings. The molecule has 1 rings (SSSR count). The Kier molecular flexibility index (Phi) is 4.62. The van der Waals surface area contributed by atoms with Gasteiger partial charge in [0, 0.05) is 19.3 Å². The Morgan fingerprint density at radius 1 is 1.42 bits per heavy atom. The molecule has 0 radical (unpaired) electrons. The second kappa shape index (κ2) is 5.98. The van der Waals surface area contributed by atoms with Crippen molar-refractivity contribution in [2.45, 2.75) is 25.9 Å². The molecule has 1 atom stereocenters. The molecule has 0 unspecified atom stereocenters. The van der Waals surface area contributed by atoms with Crippen molar-refractivity contribution in [1.82, 2.24) is 14.5 Å². The molecule has 0 fully saturated rings. The first-order valence-electron chi connectivity index (χ1n) is 5.65. The summed E-state index contributed by atoms with van der Waals surface area (Å²) in [7, 11) is 1.30. The van der Waals surface area contributed by atoms with Gasteiger partial charge >= 0.3 is 11.7 Å². The Bertz CT molecular complexity index is 601. The summed E-state index contributed by atoms with van der Waals surface area (Å²) in [4.78, 5) is 45.2. The molecule has 0 spiro atoms. The molecule has 0 saturated carbocycles. The number of hydrogen-bond donors (Lipinski definition) is 2. The molecule has 8 nitrogen and oxygen atoms in total. The van der Waals surface area contributed by atoms with Gasteiger partial charge in [-0.15, -0.1) is 0 Å². The molecule has 0 saturated heterocycles. The number of carbonyl (C=O) groups is 2. The highest BCUT2D eigenvalue weighted by Crippen LogP contribution is 1.91. The van der Waals surface area contributed by atoms with E-state index >= 15 is 0 Å². The highest BCUT2D eigenvalue weighted by atomic mass is 16.4. The molecular weight excluding hydrogens is 254 g/mol. The van der Waals surface area contributed by atoms with Gasteiger partial charge in [0.15, 0.2) is 0 Å². The van der Waals surface area contributed by atoms with E-state index in [2.05, 4.69) is 5.32 Å². The molecule has 0 aliphatic rings. The van der Waals surface area contributed by atoms with Crippen LogP contribution >= 0.6 is 0 Å². The number of amides is 1. The van der Waals surface area contributed by atoms with Gasteiger partial charge in [-0.3, -0.25) is 18.7 Å². The van der Waals surface area contributed by atoms with Gasteiger partial charge in [0.2, 0.25) is 5.91 Å². The third-order valence-corrected chi connectivity index (χ3v) is 2.62. The van der Waals surface area contributed by atoms with Crippen molar-refractivity contribution in [1.29, 1.82) is 0 Å². The van der Waals surface area contributed by atoms with E-state index in [4.69, 9.17) is 5.11 Å². The summed E-state index contributed by atoms with van der Waals surface area (Å²) < 4.78 is 1.90. The number of carboxylic acid groups (broad SMARTS) is 1. The average molecular weight is 269 g/mol. The van der Waals surface area contributed by atoms with E-state index in [-0.39, 0.29) is 13.0 Å². The first-order chi connectivity index (χ1) is 8.86. The monoisotopic (exact) mass is 269 g/mol. The van der Waals surface area contributed by atoms with E-state index in [1.807, 2.05) is 0 Å². The predicted molar refractivity (Wildman–Crippen MR) is 65.8 cm³/mol. The molecule has 0 aliphatic carbocycles. The zero-order valence-electron chi connectivity index (χ0n) is 10.6. The van der Waals surface area contributed by atoms with Crippen molar-refractivity contribution in [2.75, 3.05) is 0 Å². The number of rotatable bonds is 5. The van der Waals surface area contributed by atoms with Crippen LogP contribution in [0.1, 0.15) is 13.3 Å². The molecule has 104 valence electrons. The van der Waals surface area contributed by atoms with Crippen LogP contribution in [0.2, 0.25) is 0 Å². The van der Waals surface area contributed by atoms with E-state index < -0.39 is 29.2 Å². The van der Waals surface area contributed by atoms with E-state index in [9.17, 15) is 19.2 Å². The van der Waals surface area contributed by atoms with Gasteiger partial charge in [-0.05, 0) is 6.42 Å². The van der Waals surface area contributed by atoms with Crippen LogP contribution in [0.25, 0.3) is 0 Å². The molecule has 1 aromatic heterocycles. The quantitative estimate of drug-likeness (QED) is 0.677. The minimum Gasteiger partial charge on any atom is -0.480 e. The number of hydrogen-bond acceptors (Lipinski definition) is 4. The zero-order chi connectivity index (χ0) is 14.6. The lowest BCUT2D eigenvalue weighted by atomic mass is 10.2. The third kappa shape index (κ3) is 3.54. The zero-order valence-corrected chi connectivity index (χ0v) is 10.6. The van der Waals surface area contributed by atoms with Crippen LogP contribution in [0.3, 0.4) is 0 Å². The van der Waals surface area contributed by atoms with Crippen molar-refractivity contribution in [3.8, 4) is 0 Å². The number of carbonyl (C=O) groups excluding carboxylic acids is 1. The van der Waals surface area contributed by atoms with Crippen molar-refractivity contribution in [2.24, 2.45) is 7.05 Å². The van der Waals surface area contributed by atoms with Crippen LogP contribution in [-0.2, 0) is 23.2 Å². The Morgan fingerprint density at radius 3 is 2.58 bits per heavy atom. The molecule has 1 heterocycles. The van der Waals surface area contributed by atoms with Crippen LogP contribution in [0.15, 0.2) is 21.9 Å². The first kappa shape index (κ1) is 14.7. The maximum Gasteiger partial charge on any atom is 0.331 e. The third-order valence-electron chi connectivity index (χ3n) is 2.62. The average Bonchev–Trinajstić information content (AvgIpc) is 2.36. The fraction of sp³-hybridized carbons (Fsp3) is 0.455. The summed E-state index contributed by atoms with van der Waals surface area (Å²) in [6.45, 7) is 1.29. The van der Waals surface area contributed by atoms with Gasteiger partial charge in [-0.25, -0.2) is 9.59 Å². The Balaban J connectivity index is 2.84. The van der Waals surface area contributed by atoms with Gasteiger partial charge in [0.05, 0.1) is 0 Å². The fourth-order valence-electron chi connectivity index (χ4n) is 1.47. The Labute approximate surface area is 108 Å². The molecule has 0 aromatic carbocycles. The van der Waals surface area contributed by atoms with Crippen molar-refractivity contribution >= 4 is 11.9 Å². The fourth-order valence-corrected chi connectivity index (χ4v) is 1.47. The molecule has 2 N–H and O–H groups in total. The van der Waals surface area contributed by atoms with Gasteiger partial charge in [0.25, 0.3) is 5.56 Å². The molecule has 0 aliphatic heterocycles. The molecule has 0 bridgehead atoms. The number of nitrogens with zero attached hydrogens (tertiary/aromatic N) is 2. The normalized spacial score (nSPS) is 11.9. The van der Waals surface area contributed by atoms with Crippen LogP contribution in [0.4, 0.5) is 0 Å². The summed E-state index contributed by atoms with van der Waals surface area (Å²) in [5.41, 5.74) is -1.11. The number of carboxylic acids is 1. The molecule has 19 heavy (non-hydrogen) atoms. The SMILES string of the molecule is CC[C@@H](NC(=O)Cn1ccc(=O)n(C)c1=O)C(=O)O. The topological polar surface area (TPSA) is 110 Å². The van der Waals surface area contributed by atoms with Gasteiger partial charge < -0.3 is 10.4 Å². The first-order valence-corrected chi connectivity index (χ1v) is 5.65. The van der Waals surface area contributed by atoms with Gasteiger partial charge in [0.1, 0.15) is 12.6 Å². The van der Waals surface area contributed by atoms with Crippen LogP contribution in [0.5, 0.6) is 0 Å². The summed E-state index contributed by atoms with van der Waals surface area (Å²) >= 11 is 0. The number of nitrogens with one attached hydrogen (secondary N) is 1. The smallest absolute Gasteiger partial charge is 0.331 e.